The summed E-state index contributed by atoms with van der Waals surface area (Å²) in [4.78, 5) is 1.89. The molecule has 0 amide bonds. The van der Waals surface area contributed by atoms with Gasteiger partial charge in [0.2, 0.25) is 0 Å². The highest BCUT2D eigenvalue weighted by Gasteiger charge is 2.14. The molecule has 0 heterocycles. The molecule has 1 rings (SSSR count). The lowest BCUT2D eigenvalue weighted by Crippen LogP contribution is -2.29. The van der Waals surface area contributed by atoms with Crippen molar-refractivity contribution in [3.63, 3.8) is 0 Å². The number of benzene rings is 1. The minimum Gasteiger partial charge on any atom is -0.397 e. The molecule has 1 aromatic carbocycles. The molecule has 0 aliphatic carbocycles. The summed E-state index contributed by atoms with van der Waals surface area (Å²) < 4.78 is 13.2. The quantitative estimate of drug-likeness (QED) is 0.798. The molecule has 0 saturated heterocycles. The summed E-state index contributed by atoms with van der Waals surface area (Å²) in [7, 11) is 1.85. The molecule has 0 aliphatic rings. The van der Waals surface area contributed by atoms with Crippen molar-refractivity contribution in [2.24, 2.45) is 0 Å². The molecule has 1 aromatic rings. The molecule has 0 aliphatic heterocycles. The summed E-state index contributed by atoms with van der Waals surface area (Å²) >= 11 is 0. The lowest BCUT2D eigenvalue weighted by molar-refractivity contribution is 0.618. The zero-order chi connectivity index (χ0) is 12.3. The van der Waals surface area contributed by atoms with E-state index in [4.69, 9.17) is 11.0 Å². The summed E-state index contributed by atoms with van der Waals surface area (Å²) in [6, 6.07) is 5.19. The Morgan fingerprint density at radius 3 is 2.75 bits per heavy atom. The van der Waals surface area contributed by atoms with Crippen LogP contribution in [0.4, 0.5) is 15.8 Å². The van der Waals surface area contributed by atoms with Crippen molar-refractivity contribution in [1.82, 2.24) is 0 Å². The van der Waals surface area contributed by atoms with E-state index < -0.39 is 0 Å². The van der Waals surface area contributed by atoms with Crippen molar-refractivity contribution in [1.29, 1.82) is 5.26 Å². The number of hydrogen-bond donors (Lipinski definition) is 1. The monoisotopic (exact) mass is 221 g/mol. The van der Waals surface area contributed by atoms with Crippen LogP contribution >= 0.6 is 0 Å². The van der Waals surface area contributed by atoms with E-state index >= 15 is 0 Å². The molecule has 2 N–H and O–H groups in total. The van der Waals surface area contributed by atoms with E-state index in [1.165, 1.54) is 6.07 Å². The third-order valence-corrected chi connectivity index (χ3v) is 2.74. The zero-order valence-electron chi connectivity index (χ0n) is 9.79. The zero-order valence-corrected chi connectivity index (χ0v) is 9.79. The predicted molar refractivity (Wildman–Crippen MR) is 63.6 cm³/mol. The average Bonchev–Trinajstić information content (AvgIpc) is 2.23. The van der Waals surface area contributed by atoms with Gasteiger partial charge >= 0.3 is 0 Å². The predicted octanol–water partition coefficient (Wildman–Crippen LogP) is 2.45. The lowest BCUT2D eigenvalue weighted by atomic mass is 10.1. The van der Waals surface area contributed by atoms with E-state index in [0.717, 1.165) is 5.69 Å². The van der Waals surface area contributed by atoms with E-state index in [1.807, 2.05) is 18.9 Å². The number of aryl methyl sites for hydroxylation is 1. The first kappa shape index (κ1) is 12.3. The number of nitrogens with zero attached hydrogens (tertiary/aromatic N) is 2. The van der Waals surface area contributed by atoms with Gasteiger partial charge in [-0.05, 0) is 31.5 Å². The summed E-state index contributed by atoms with van der Waals surface area (Å²) in [6.07, 6.45) is 0.409. The van der Waals surface area contributed by atoms with Crippen LogP contribution in [0.3, 0.4) is 0 Å². The fourth-order valence-corrected chi connectivity index (χ4v) is 1.49. The summed E-state index contributed by atoms with van der Waals surface area (Å²) in [5, 5.41) is 8.63. The van der Waals surface area contributed by atoms with E-state index in [-0.39, 0.29) is 11.9 Å². The van der Waals surface area contributed by atoms with Gasteiger partial charge in [-0.2, -0.15) is 5.26 Å². The number of rotatable bonds is 3. The van der Waals surface area contributed by atoms with Gasteiger partial charge in [0.05, 0.1) is 23.9 Å². The Kier molecular flexibility index (Phi) is 3.73. The van der Waals surface area contributed by atoms with Crippen LogP contribution in [0, 0.1) is 24.1 Å². The van der Waals surface area contributed by atoms with Gasteiger partial charge in [-0.1, -0.05) is 0 Å². The van der Waals surface area contributed by atoms with Crippen molar-refractivity contribution in [3.05, 3.63) is 23.5 Å². The number of hydrogen-bond acceptors (Lipinski definition) is 3. The first-order valence-electron chi connectivity index (χ1n) is 5.12. The van der Waals surface area contributed by atoms with Gasteiger partial charge in [0.25, 0.3) is 0 Å². The highest BCUT2D eigenvalue weighted by atomic mass is 19.1. The molecule has 0 aromatic heterocycles. The number of anilines is 2. The van der Waals surface area contributed by atoms with Crippen LogP contribution in [-0.4, -0.2) is 13.1 Å². The maximum Gasteiger partial charge on any atom is 0.128 e. The number of halogens is 1. The van der Waals surface area contributed by atoms with Crippen LogP contribution in [0.25, 0.3) is 0 Å². The third-order valence-electron chi connectivity index (χ3n) is 2.74. The molecule has 0 fully saturated rings. The number of nitrogen functional groups attached to an aromatic ring is 1. The highest BCUT2D eigenvalue weighted by molar-refractivity contribution is 5.68. The van der Waals surface area contributed by atoms with Crippen LogP contribution in [0.1, 0.15) is 18.9 Å². The smallest absolute Gasteiger partial charge is 0.128 e. The van der Waals surface area contributed by atoms with Crippen LogP contribution in [-0.2, 0) is 0 Å². The first-order valence-corrected chi connectivity index (χ1v) is 5.12. The number of nitrogens with two attached hydrogens (primary N) is 1. The lowest BCUT2D eigenvalue weighted by Gasteiger charge is -2.27. The molecular formula is C12H16FN3. The standard InChI is InChI=1S/C12H16FN3/c1-8-6-12(11(15)7-10(8)13)16(3)9(2)4-5-14/h6-7,9H,4,15H2,1-3H3. The Hall–Kier alpha value is -1.76. The Balaban J connectivity index is 3.04. The van der Waals surface area contributed by atoms with Gasteiger partial charge in [0.1, 0.15) is 5.82 Å². The van der Waals surface area contributed by atoms with Gasteiger partial charge in [0.15, 0.2) is 0 Å². The minimum absolute atomic E-state index is 0.0529. The van der Waals surface area contributed by atoms with Crippen molar-refractivity contribution in [3.8, 4) is 6.07 Å². The average molecular weight is 221 g/mol. The summed E-state index contributed by atoms with van der Waals surface area (Å²) in [5.41, 5.74) is 7.48. The van der Waals surface area contributed by atoms with E-state index in [1.54, 1.807) is 13.0 Å². The topological polar surface area (TPSA) is 53.0 Å². The minimum atomic E-state index is -0.303. The SMILES string of the molecule is Cc1cc(N(C)C(C)CC#N)c(N)cc1F. The van der Waals surface area contributed by atoms with Crippen molar-refractivity contribution >= 4 is 11.4 Å². The maximum atomic E-state index is 13.2. The second-order valence-corrected chi connectivity index (χ2v) is 3.98. The molecule has 0 bridgehead atoms. The second kappa shape index (κ2) is 4.84. The Morgan fingerprint density at radius 1 is 1.56 bits per heavy atom. The fourth-order valence-electron chi connectivity index (χ4n) is 1.49. The Bertz CT molecular complexity index is 423. The van der Waals surface area contributed by atoms with Crippen LogP contribution < -0.4 is 10.6 Å². The van der Waals surface area contributed by atoms with Gasteiger partial charge in [0, 0.05) is 13.1 Å². The summed E-state index contributed by atoms with van der Waals surface area (Å²) in [6.45, 7) is 3.63. The largest absolute Gasteiger partial charge is 0.397 e. The highest BCUT2D eigenvalue weighted by Crippen LogP contribution is 2.27. The summed E-state index contributed by atoms with van der Waals surface area (Å²) in [5.74, 6) is -0.303. The van der Waals surface area contributed by atoms with Gasteiger partial charge in [-0.15, -0.1) is 0 Å². The molecule has 86 valence electrons. The fraction of sp³-hybridized carbons (Fsp3) is 0.417. The van der Waals surface area contributed by atoms with E-state index in [0.29, 0.717) is 17.7 Å². The molecule has 0 saturated carbocycles. The van der Waals surface area contributed by atoms with E-state index in [2.05, 4.69) is 6.07 Å². The maximum absolute atomic E-state index is 13.2. The molecular weight excluding hydrogens is 205 g/mol. The molecule has 3 nitrogen and oxygen atoms in total. The molecule has 0 radical (unpaired) electrons. The van der Waals surface area contributed by atoms with Gasteiger partial charge in [-0.3, -0.25) is 0 Å². The van der Waals surface area contributed by atoms with Crippen LogP contribution in [0.5, 0.6) is 0 Å². The Morgan fingerprint density at radius 2 is 2.19 bits per heavy atom. The Labute approximate surface area is 95.3 Å². The first-order chi connectivity index (χ1) is 7.47. The molecule has 1 atom stereocenters. The second-order valence-electron chi connectivity index (χ2n) is 3.98. The van der Waals surface area contributed by atoms with Crippen molar-refractivity contribution < 1.29 is 4.39 Å². The third kappa shape index (κ3) is 2.43. The van der Waals surface area contributed by atoms with Gasteiger partial charge < -0.3 is 10.6 Å². The molecule has 1 unspecified atom stereocenters. The van der Waals surface area contributed by atoms with Crippen molar-refractivity contribution in [2.75, 3.05) is 17.7 Å². The molecule has 16 heavy (non-hydrogen) atoms. The van der Waals surface area contributed by atoms with Crippen molar-refractivity contribution in [2.45, 2.75) is 26.3 Å². The normalized spacial score (nSPS) is 11.9. The number of nitriles is 1. The molecule has 4 heteroatoms. The molecule has 0 spiro atoms. The van der Waals surface area contributed by atoms with Crippen LogP contribution in [0.2, 0.25) is 0 Å². The van der Waals surface area contributed by atoms with E-state index in [9.17, 15) is 4.39 Å². The van der Waals surface area contributed by atoms with Gasteiger partial charge in [-0.25, -0.2) is 4.39 Å². The van der Waals surface area contributed by atoms with Crippen LogP contribution in [0.15, 0.2) is 12.1 Å².